The average Bonchev–Trinajstić information content (AvgIpc) is 3.85. The Hall–Kier alpha value is -3.96. The Morgan fingerprint density at radius 1 is 1.07 bits per heavy atom. The maximum absolute atomic E-state index is 13.8. The second-order valence-corrected chi connectivity index (χ2v) is 12.8. The van der Waals surface area contributed by atoms with Crippen LogP contribution in [0, 0.1) is 0 Å². The first-order chi connectivity index (χ1) is 21.4. The molecule has 2 amide bonds. The molecule has 8 rings (SSSR count). The number of nitrogens with two attached hydrogens (primary N) is 1. The molecular weight excluding hydrogens is 558 g/mol. The Labute approximate surface area is 255 Å². The number of nitrogens with zero attached hydrogens (tertiary/aromatic N) is 6. The van der Waals surface area contributed by atoms with Crippen LogP contribution < -0.4 is 10.5 Å². The summed E-state index contributed by atoms with van der Waals surface area (Å²) in [6.07, 6.45) is 6.40. The Balaban J connectivity index is 1.23. The van der Waals surface area contributed by atoms with Gasteiger partial charge in [-0.1, -0.05) is 0 Å². The number of methoxy groups -OCH3 is 1. The van der Waals surface area contributed by atoms with Gasteiger partial charge >= 0.3 is 0 Å². The molecule has 7 heterocycles. The molecule has 3 saturated heterocycles. The van der Waals surface area contributed by atoms with E-state index >= 15 is 0 Å². The van der Waals surface area contributed by atoms with Crippen LogP contribution in [0.1, 0.15) is 67.0 Å². The van der Waals surface area contributed by atoms with Crippen LogP contribution in [0.25, 0.3) is 33.6 Å². The number of carbonyl (C=O) groups is 2. The number of benzene rings is 1. The first kappa shape index (κ1) is 27.6. The Morgan fingerprint density at radius 3 is 2.75 bits per heavy atom. The molecule has 3 aromatic heterocycles. The van der Waals surface area contributed by atoms with Crippen molar-refractivity contribution in [1.29, 1.82) is 0 Å². The normalized spacial score (nSPS) is 25.5. The lowest BCUT2D eigenvalue weighted by atomic mass is 9.97. The smallest absolute Gasteiger partial charge is 0.254 e. The molecule has 4 bridgehead atoms. The molecule has 11 nitrogen and oxygen atoms in total. The van der Waals surface area contributed by atoms with Crippen LogP contribution in [0.5, 0.6) is 5.75 Å². The maximum Gasteiger partial charge on any atom is 0.254 e. The third-order valence-corrected chi connectivity index (χ3v) is 10.3. The van der Waals surface area contributed by atoms with Crippen LogP contribution in [0.3, 0.4) is 0 Å². The number of carbonyl (C=O) groups excluding carboxylic acids is 2. The van der Waals surface area contributed by atoms with Crippen LogP contribution in [0.4, 0.5) is 0 Å². The molecule has 230 valence electrons. The lowest BCUT2D eigenvalue weighted by Crippen LogP contribution is -2.40. The van der Waals surface area contributed by atoms with Gasteiger partial charge in [0.15, 0.2) is 5.82 Å². The number of rotatable bonds is 3. The van der Waals surface area contributed by atoms with Gasteiger partial charge in [0, 0.05) is 55.8 Å². The fourth-order valence-electron chi connectivity index (χ4n) is 8.15. The summed E-state index contributed by atoms with van der Waals surface area (Å²) in [7, 11) is 3.63. The molecule has 4 atom stereocenters. The Kier molecular flexibility index (Phi) is 6.64. The number of ether oxygens (including phenoxy) is 2. The molecule has 44 heavy (non-hydrogen) atoms. The fraction of sp³-hybridized carbons (Fsp3) is 0.515. The number of pyridine rings is 1. The predicted octanol–water partition coefficient (Wildman–Crippen LogP) is 3.78. The summed E-state index contributed by atoms with van der Waals surface area (Å²) in [5.41, 5.74) is 11.3. The monoisotopic (exact) mass is 597 g/mol. The molecule has 11 heteroatoms. The molecule has 2 N–H and O–H groups in total. The zero-order valence-electron chi connectivity index (χ0n) is 25.4. The number of fused-ring (bicyclic) bond motifs is 6. The molecule has 0 unspecified atom stereocenters. The summed E-state index contributed by atoms with van der Waals surface area (Å²) in [4.78, 5) is 41.0. The van der Waals surface area contributed by atoms with Crippen molar-refractivity contribution in [1.82, 2.24) is 28.9 Å². The molecule has 0 spiro atoms. The number of hydrogen-bond donors (Lipinski definition) is 1. The summed E-state index contributed by atoms with van der Waals surface area (Å²) in [5.74, 6) is 1.44. The molecule has 0 aliphatic carbocycles. The summed E-state index contributed by atoms with van der Waals surface area (Å²) in [6, 6.07) is 10.4. The van der Waals surface area contributed by atoms with Gasteiger partial charge in [0.2, 0.25) is 5.91 Å². The van der Waals surface area contributed by atoms with Crippen molar-refractivity contribution in [3.63, 3.8) is 0 Å². The van der Waals surface area contributed by atoms with E-state index in [4.69, 9.17) is 25.2 Å². The van der Waals surface area contributed by atoms with Crippen molar-refractivity contribution >= 4 is 33.9 Å². The molecular formula is C33H39N7O4. The molecule has 3 fully saturated rings. The topological polar surface area (TPSA) is 121 Å². The van der Waals surface area contributed by atoms with E-state index in [1.807, 2.05) is 29.0 Å². The second-order valence-electron chi connectivity index (χ2n) is 12.8. The number of aromatic nitrogens is 4. The van der Waals surface area contributed by atoms with Crippen LogP contribution >= 0.6 is 0 Å². The van der Waals surface area contributed by atoms with Crippen LogP contribution in [0.2, 0.25) is 0 Å². The predicted molar refractivity (Wildman–Crippen MR) is 165 cm³/mol. The van der Waals surface area contributed by atoms with E-state index in [1.165, 1.54) is 0 Å². The third-order valence-electron chi connectivity index (χ3n) is 10.3. The van der Waals surface area contributed by atoms with Gasteiger partial charge in [0.25, 0.3) is 5.91 Å². The van der Waals surface area contributed by atoms with E-state index in [9.17, 15) is 9.59 Å². The van der Waals surface area contributed by atoms with E-state index in [-0.39, 0.29) is 42.6 Å². The van der Waals surface area contributed by atoms with Gasteiger partial charge in [-0.05, 0) is 75.3 Å². The first-order valence-corrected chi connectivity index (χ1v) is 15.9. The minimum absolute atomic E-state index is 0.00251. The van der Waals surface area contributed by atoms with E-state index in [0.29, 0.717) is 23.4 Å². The van der Waals surface area contributed by atoms with Crippen molar-refractivity contribution < 1.29 is 19.1 Å². The van der Waals surface area contributed by atoms with Crippen molar-refractivity contribution in [2.75, 3.05) is 26.9 Å². The summed E-state index contributed by atoms with van der Waals surface area (Å²) in [6.45, 7) is 2.13. The molecule has 0 radical (unpaired) electrons. The Morgan fingerprint density at radius 2 is 1.95 bits per heavy atom. The van der Waals surface area contributed by atoms with Crippen LogP contribution in [0.15, 0.2) is 30.3 Å². The van der Waals surface area contributed by atoms with E-state index in [2.05, 4.69) is 27.3 Å². The zero-order valence-corrected chi connectivity index (χ0v) is 25.4. The average molecular weight is 598 g/mol. The summed E-state index contributed by atoms with van der Waals surface area (Å²) in [5, 5.41) is 1.03. The van der Waals surface area contributed by atoms with Gasteiger partial charge in [-0.2, -0.15) is 0 Å². The number of amides is 2. The third kappa shape index (κ3) is 4.23. The lowest BCUT2D eigenvalue weighted by Gasteiger charge is -2.24. The highest BCUT2D eigenvalue weighted by atomic mass is 16.5. The van der Waals surface area contributed by atoms with Gasteiger partial charge in [0.05, 0.1) is 30.1 Å². The highest BCUT2D eigenvalue weighted by Gasteiger charge is 2.47. The quantitative estimate of drug-likeness (QED) is 0.382. The minimum Gasteiger partial charge on any atom is -0.494 e. The molecule has 4 aliphatic heterocycles. The summed E-state index contributed by atoms with van der Waals surface area (Å²) < 4.78 is 15.9. The minimum atomic E-state index is -0.0422. The molecule has 4 aromatic rings. The van der Waals surface area contributed by atoms with Crippen molar-refractivity contribution in [3.8, 4) is 17.3 Å². The number of imidazole rings is 1. The molecule has 0 saturated carbocycles. The van der Waals surface area contributed by atoms with E-state index in [1.54, 1.807) is 7.11 Å². The highest BCUT2D eigenvalue weighted by Crippen LogP contribution is 2.40. The SMILES string of the molecule is COc1cc(C(=O)N2[C@H]3CC[C@@H]2[C@H](N)C3)cc2nc(-c3cc4ccc5nc4n3CCCCOCC(=O)N3CCC[C@H]53)n(C)c12. The van der Waals surface area contributed by atoms with E-state index < -0.39 is 0 Å². The zero-order chi connectivity index (χ0) is 30.1. The van der Waals surface area contributed by atoms with Gasteiger partial charge in [-0.3, -0.25) is 9.59 Å². The number of hydrogen-bond acceptors (Lipinski definition) is 7. The van der Waals surface area contributed by atoms with E-state index in [0.717, 1.165) is 91.8 Å². The second kappa shape index (κ2) is 10.6. The van der Waals surface area contributed by atoms with Gasteiger partial charge in [-0.15, -0.1) is 0 Å². The molecule has 1 aromatic carbocycles. The maximum atomic E-state index is 13.8. The summed E-state index contributed by atoms with van der Waals surface area (Å²) >= 11 is 0. The van der Waals surface area contributed by atoms with Crippen LogP contribution in [-0.4, -0.2) is 85.7 Å². The van der Waals surface area contributed by atoms with Gasteiger partial charge in [0.1, 0.15) is 23.5 Å². The highest BCUT2D eigenvalue weighted by molar-refractivity contribution is 6.00. The molecule has 4 aliphatic rings. The first-order valence-electron chi connectivity index (χ1n) is 15.9. The van der Waals surface area contributed by atoms with Crippen molar-refractivity contribution in [2.24, 2.45) is 12.8 Å². The van der Waals surface area contributed by atoms with Gasteiger partial charge in [-0.25, -0.2) is 9.97 Å². The Bertz CT molecular complexity index is 1790. The largest absolute Gasteiger partial charge is 0.494 e. The standard InChI is InChI=1S/C33H39N7O4/c1-37-30-24(14-20(16-28(30)43-2)33(42)40-21-8-10-25(40)22(34)17-21)36-32(37)27-15-19-7-9-23-26-6-5-12-38(26)29(41)18-44-13-4-3-11-39(27)31(19)35-23/h7,9,14-16,21-22,25-26H,3-6,8,10-13,17-18,34H2,1-2H3/t21-,22+,25+,26+/m0/s1. The fourth-order valence-corrected chi connectivity index (χ4v) is 8.15. The lowest BCUT2D eigenvalue weighted by molar-refractivity contribution is -0.137. The van der Waals surface area contributed by atoms with Gasteiger partial charge < -0.3 is 34.1 Å². The van der Waals surface area contributed by atoms with Crippen LogP contribution in [-0.2, 0) is 23.1 Å². The number of aryl methyl sites for hydroxylation is 2. The van der Waals surface area contributed by atoms with Crippen molar-refractivity contribution in [2.45, 2.75) is 75.7 Å². The van der Waals surface area contributed by atoms with Crippen molar-refractivity contribution in [3.05, 3.63) is 41.6 Å².